The van der Waals surface area contributed by atoms with E-state index >= 15 is 0 Å². The van der Waals surface area contributed by atoms with Gasteiger partial charge in [0, 0.05) is 10.8 Å². The largest absolute Gasteiger partial charge is 0.396 e. The summed E-state index contributed by atoms with van der Waals surface area (Å²) in [5.41, 5.74) is -1.61. The van der Waals surface area contributed by atoms with Gasteiger partial charge in [0.25, 0.3) is 0 Å². The van der Waals surface area contributed by atoms with E-state index in [1.54, 1.807) is 0 Å². The molecule has 36 heavy (non-hydrogen) atoms. The van der Waals surface area contributed by atoms with Crippen LogP contribution in [0.25, 0.3) is 0 Å². The summed E-state index contributed by atoms with van der Waals surface area (Å²) in [5, 5.41) is 41.3. The Kier molecular flexibility index (Phi) is 21.4. The Labute approximate surface area is 224 Å². The third kappa shape index (κ3) is 13.6. The average molecular weight is 513 g/mol. The summed E-state index contributed by atoms with van der Waals surface area (Å²) in [5.74, 6) is 0. The van der Waals surface area contributed by atoms with Crippen LogP contribution < -0.4 is 0 Å². The smallest absolute Gasteiger partial charge is 0.0516 e. The number of hydrogen-bond acceptors (Lipinski definition) is 4. The molecule has 0 atom stereocenters. The summed E-state index contributed by atoms with van der Waals surface area (Å²) >= 11 is 0. The Bertz CT molecular complexity index is 417. The highest BCUT2D eigenvalue weighted by Crippen LogP contribution is 2.46. The lowest BCUT2D eigenvalue weighted by molar-refractivity contribution is -0.124. The first-order chi connectivity index (χ1) is 17.7. The molecule has 0 aromatic carbocycles. The SMILES string of the molecule is OCC1(CO)CCCCCCCCCCCCCCCCCCCCCCCCCCC1(CO)CO. The van der Waals surface area contributed by atoms with Crippen molar-refractivity contribution in [3.63, 3.8) is 0 Å². The molecule has 0 unspecified atom stereocenters. The normalized spacial score (nSPS) is 24.3. The van der Waals surface area contributed by atoms with Crippen LogP contribution in [0.2, 0.25) is 0 Å². The van der Waals surface area contributed by atoms with Gasteiger partial charge < -0.3 is 20.4 Å². The lowest BCUT2D eigenvalue weighted by Gasteiger charge is -2.47. The maximum Gasteiger partial charge on any atom is 0.0516 e. The van der Waals surface area contributed by atoms with E-state index in [2.05, 4.69) is 0 Å². The van der Waals surface area contributed by atoms with Crippen LogP contribution in [0.4, 0.5) is 0 Å². The first kappa shape index (κ1) is 33.9. The molecule has 1 saturated carbocycles. The van der Waals surface area contributed by atoms with Crippen LogP contribution in [0.15, 0.2) is 0 Å². The fourth-order valence-electron chi connectivity index (χ4n) is 6.43. The van der Waals surface area contributed by atoms with Crippen molar-refractivity contribution in [2.75, 3.05) is 26.4 Å². The van der Waals surface area contributed by atoms with Crippen LogP contribution in [0.1, 0.15) is 167 Å². The van der Waals surface area contributed by atoms with Gasteiger partial charge in [0.2, 0.25) is 0 Å². The molecule has 1 aliphatic rings. The highest BCUT2D eigenvalue weighted by atomic mass is 16.3. The van der Waals surface area contributed by atoms with Gasteiger partial charge in [-0.3, -0.25) is 0 Å². The van der Waals surface area contributed by atoms with Crippen molar-refractivity contribution in [3.8, 4) is 0 Å². The monoisotopic (exact) mass is 512 g/mol. The second-order valence-electron chi connectivity index (χ2n) is 12.2. The third-order valence-electron chi connectivity index (χ3n) is 9.40. The summed E-state index contributed by atoms with van der Waals surface area (Å²) in [6, 6.07) is 0. The van der Waals surface area contributed by atoms with Crippen molar-refractivity contribution in [1.82, 2.24) is 0 Å². The summed E-state index contributed by atoms with van der Waals surface area (Å²) < 4.78 is 0. The first-order valence-electron chi connectivity index (χ1n) is 16.1. The van der Waals surface area contributed by atoms with Crippen molar-refractivity contribution in [1.29, 1.82) is 0 Å². The zero-order valence-electron chi connectivity index (χ0n) is 24.0. The molecule has 0 aliphatic heterocycles. The van der Waals surface area contributed by atoms with E-state index in [0.717, 1.165) is 25.7 Å². The fourth-order valence-corrected chi connectivity index (χ4v) is 6.43. The van der Waals surface area contributed by atoms with E-state index in [0.29, 0.717) is 12.8 Å². The molecule has 4 nitrogen and oxygen atoms in total. The molecular formula is C32H64O4. The fraction of sp³-hybridized carbons (Fsp3) is 1.00. The van der Waals surface area contributed by atoms with Crippen molar-refractivity contribution in [3.05, 3.63) is 0 Å². The lowest BCUT2D eigenvalue weighted by atomic mass is 9.60. The van der Waals surface area contributed by atoms with Crippen LogP contribution in [0.3, 0.4) is 0 Å². The molecule has 0 amide bonds. The summed E-state index contributed by atoms with van der Waals surface area (Å²) in [6.45, 7) is -0.704. The molecule has 0 bridgehead atoms. The van der Waals surface area contributed by atoms with Gasteiger partial charge in [0.15, 0.2) is 0 Å². The van der Waals surface area contributed by atoms with Crippen LogP contribution in [0, 0.1) is 10.8 Å². The van der Waals surface area contributed by atoms with Crippen molar-refractivity contribution < 1.29 is 20.4 Å². The molecule has 4 N–H and O–H groups in total. The van der Waals surface area contributed by atoms with Gasteiger partial charge in [-0.15, -0.1) is 0 Å². The van der Waals surface area contributed by atoms with Crippen LogP contribution in [-0.4, -0.2) is 46.9 Å². The van der Waals surface area contributed by atoms with Gasteiger partial charge in [0.05, 0.1) is 26.4 Å². The molecular weight excluding hydrogens is 448 g/mol. The molecule has 0 aromatic rings. The maximum atomic E-state index is 10.3. The molecule has 216 valence electrons. The Balaban J connectivity index is 2.53. The second kappa shape index (κ2) is 22.8. The zero-order valence-corrected chi connectivity index (χ0v) is 24.0. The molecule has 0 spiro atoms. The molecule has 1 rings (SSSR count). The van der Waals surface area contributed by atoms with E-state index < -0.39 is 10.8 Å². The minimum absolute atomic E-state index is 0.176. The Morgan fingerprint density at radius 1 is 0.250 bits per heavy atom. The quantitative estimate of drug-likeness (QED) is 0.307. The highest BCUT2D eigenvalue weighted by Gasteiger charge is 2.49. The predicted molar refractivity (Wildman–Crippen MR) is 153 cm³/mol. The van der Waals surface area contributed by atoms with Gasteiger partial charge >= 0.3 is 0 Å². The topological polar surface area (TPSA) is 80.9 Å². The standard InChI is InChI=1S/C32H64O4/c33-27-31(28-34)25-23-21-19-17-15-13-11-9-7-5-3-1-2-4-6-8-10-12-14-16-18-20-22-24-26-32(31,29-35)30-36/h33-36H,1-30H2. The number of aliphatic hydroxyl groups is 4. The molecule has 0 aromatic heterocycles. The summed E-state index contributed by atoms with van der Waals surface area (Å²) in [7, 11) is 0. The maximum absolute atomic E-state index is 10.3. The molecule has 0 radical (unpaired) electrons. The molecule has 1 fully saturated rings. The van der Waals surface area contributed by atoms with Crippen LogP contribution in [0.5, 0.6) is 0 Å². The van der Waals surface area contributed by atoms with E-state index in [-0.39, 0.29) is 26.4 Å². The average Bonchev–Trinajstić information content (AvgIpc) is 2.91. The van der Waals surface area contributed by atoms with Gasteiger partial charge in [0.1, 0.15) is 0 Å². The van der Waals surface area contributed by atoms with Gasteiger partial charge in [-0.05, 0) is 12.8 Å². The van der Waals surface area contributed by atoms with E-state index in [4.69, 9.17) is 0 Å². The first-order valence-corrected chi connectivity index (χ1v) is 16.1. The minimum Gasteiger partial charge on any atom is -0.396 e. The lowest BCUT2D eigenvalue weighted by Crippen LogP contribution is -2.52. The summed E-state index contributed by atoms with van der Waals surface area (Å²) in [4.78, 5) is 0. The number of aliphatic hydroxyl groups excluding tert-OH is 4. The molecule has 0 saturated heterocycles. The Morgan fingerprint density at radius 3 is 0.528 bits per heavy atom. The van der Waals surface area contributed by atoms with Crippen LogP contribution >= 0.6 is 0 Å². The molecule has 0 heterocycles. The Hall–Kier alpha value is -0.160. The molecule has 4 heteroatoms. The van der Waals surface area contributed by atoms with E-state index in [9.17, 15) is 20.4 Å². The van der Waals surface area contributed by atoms with Gasteiger partial charge in [-0.2, -0.15) is 0 Å². The van der Waals surface area contributed by atoms with E-state index in [1.165, 1.54) is 128 Å². The third-order valence-corrected chi connectivity index (χ3v) is 9.40. The highest BCUT2D eigenvalue weighted by molar-refractivity contribution is 4.97. The van der Waals surface area contributed by atoms with Gasteiger partial charge in [-0.25, -0.2) is 0 Å². The van der Waals surface area contributed by atoms with Gasteiger partial charge in [-0.1, -0.05) is 154 Å². The minimum atomic E-state index is -0.806. The number of hydrogen-bond donors (Lipinski definition) is 4. The predicted octanol–water partition coefficient (Wildman–Crippen LogP) is 8.08. The van der Waals surface area contributed by atoms with Crippen LogP contribution in [-0.2, 0) is 0 Å². The number of rotatable bonds is 4. The molecule has 1 aliphatic carbocycles. The second-order valence-corrected chi connectivity index (χ2v) is 12.2. The van der Waals surface area contributed by atoms with Crippen molar-refractivity contribution >= 4 is 0 Å². The van der Waals surface area contributed by atoms with Crippen molar-refractivity contribution in [2.45, 2.75) is 167 Å². The Morgan fingerprint density at radius 2 is 0.389 bits per heavy atom. The summed E-state index contributed by atoms with van der Waals surface area (Å²) in [6.07, 6.45) is 32.5. The van der Waals surface area contributed by atoms with Crippen molar-refractivity contribution in [2.24, 2.45) is 10.8 Å². The van der Waals surface area contributed by atoms with E-state index in [1.807, 2.05) is 0 Å². The zero-order chi connectivity index (χ0) is 26.2.